The molecule has 5 nitrogen and oxygen atoms in total. The second kappa shape index (κ2) is 7.76. The molecule has 1 rings (SSSR count). The van der Waals surface area contributed by atoms with Gasteiger partial charge in [-0.05, 0) is 38.0 Å². The van der Waals surface area contributed by atoms with Crippen molar-refractivity contribution >= 4 is 11.7 Å². The molecular weight excluding hydrogens is 242 g/mol. The Kier molecular flexibility index (Phi) is 6.32. The van der Waals surface area contributed by atoms with E-state index in [0.29, 0.717) is 19.5 Å². The van der Waals surface area contributed by atoms with E-state index in [4.69, 9.17) is 10.8 Å². The molecule has 0 aliphatic carbocycles. The van der Waals surface area contributed by atoms with E-state index >= 15 is 0 Å². The van der Waals surface area contributed by atoms with Crippen LogP contribution in [-0.4, -0.2) is 35.2 Å². The number of hydrogen-bond acceptors (Lipinski definition) is 3. The lowest BCUT2D eigenvalue weighted by Gasteiger charge is -2.26. The van der Waals surface area contributed by atoms with Crippen molar-refractivity contribution in [1.29, 1.82) is 0 Å². The van der Waals surface area contributed by atoms with Crippen molar-refractivity contribution < 1.29 is 9.90 Å². The summed E-state index contributed by atoms with van der Waals surface area (Å²) in [5.41, 5.74) is 7.29. The number of carbonyl (C=O) groups is 1. The van der Waals surface area contributed by atoms with Gasteiger partial charge in [-0.25, -0.2) is 4.79 Å². The average Bonchev–Trinajstić information content (AvgIpc) is 2.39. The summed E-state index contributed by atoms with van der Waals surface area (Å²) in [7, 11) is 0. The van der Waals surface area contributed by atoms with Crippen molar-refractivity contribution in [3.63, 3.8) is 0 Å². The van der Waals surface area contributed by atoms with Crippen LogP contribution in [0.3, 0.4) is 0 Å². The van der Waals surface area contributed by atoms with Gasteiger partial charge in [0, 0.05) is 31.4 Å². The smallest absolute Gasteiger partial charge is 0.322 e. The monoisotopic (exact) mass is 265 g/mol. The highest BCUT2D eigenvalue weighted by molar-refractivity contribution is 5.89. The summed E-state index contributed by atoms with van der Waals surface area (Å²) in [5, 5.41) is 11.7. The Balaban J connectivity index is 2.69. The Morgan fingerprint density at radius 1 is 1.47 bits per heavy atom. The highest BCUT2D eigenvalue weighted by Gasteiger charge is 2.16. The summed E-state index contributed by atoms with van der Waals surface area (Å²) in [6, 6.07) is 7.42. The van der Waals surface area contributed by atoms with Crippen LogP contribution in [0.2, 0.25) is 0 Å². The van der Waals surface area contributed by atoms with Crippen molar-refractivity contribution in [3.8, 4) is 0 Å². The molecular formula is C14H23N3O2. The van der Waals surface area contributed by atoms with Crippen molar-refractivity contribution in [2.75, 3.05) is 18.5 Å². The molecule has 0 atom stereocenters. The van der Waals surface area contributed by atoms with Crippen LogP contribution in [0, 0.1) is 0 Å². The third-order valence-corrected chi connectivity index (χ3v) is 2.86. The van der Waals surface area contributed by atoms with Gasteiger partial charge >= 0.3 is 6.03 Å². The molecule has 0 aliphatic rings. The Morgan fingerprint density at radius 3 is 2.79 bits per heavy atom. The van der Waals surface area contributed by atoms with Gasteiger partial charge in [-0.2, -0.15) is 0 Å². The molecule has 5 heteroatoms. The van der Waals surface area contributed by atoms with Gasteiger partial charge in [0.05, 0.1) is 0 Å². The largest absolute Gasteiger partial charge is 0.396 e. The van der Waals surface area contributed by atoms with E-state index in [2.05, 4.69) is 5.32 Å². The third kappa shape index (κ3) is 4.89. The molecule has 19 heavy (non-hydrogen) atoms. The van der Waals surface area contributed by atoms with Crippen LogP contribution in [-0.2, 0) is 6.54 Å². The highest BCUT2D eigenvalue weighted by atomic mass is 16.3. The number of urea groups is 1. The molecule has 1 aromatic rings. The van der Waals surface area contributed by atoms with E-state index in [1.807, 2.05) is 38.1 Å². The maximum Gasteiger partial charge on any atom is 0.322 e. The maximum absolute atomic E-state index is 12.2. The van der Waals surface area contributed by atoms with E-state index in [1.54, 1.807) is 4.90 Å². The summed E-state index contributed by atoms with van der Waals surface area (Å²) in [4.78, 5) is 13.9. The number of rotatable bonds is 6. The number of hydrogen-bond donors (Lipinski definition) is 3. The topological polar surface area (TPSA) is 78.6 Å². The maximum atomic E-state index is 12.2. The van der Waals surface area contributed by atoms with E-state index < -0.39 is 0 Å². The van der Waals surface area contributed by atoms with E-state index in [9.17, 15) is 4.79 Å². The molecule has 0 heterocycles. The Bertz CT molecular complexity index is 407. The van der Waals surface area contributed by atoms with Gasteiger partial charge in [0.25, 0.3) is 0 Å². The minimum Gasteiger partial charge on any atom is -0.396 e. The predicted octanol–water partition coefficient (Wildman–Crippen LogP) is 1.77. The first-order chi connectivity index (χ1) is 9.08. The minimum atomic E-state index is -0.155. The lowest BCUT2D eigenvalue weighted by molar-refractivity contribution is 0.186. The fourth-order valence-corrected chi connectivity index (χ4v) is 1.81. The van der Waals surface area contributed by atoms with Gasteiger partial charge in [-0.1, -0.05) is 12.1 Å². The lowest BCUT2D eigenvalue weighted by atomic mass is 10.2. The Morgan fingerprint density at radius 2 is 2.21 bits per heavy atom. The fourth-order valence-electron chi connectivity index (χ4n) is 1.81. The molecule has 0 bridgehead atoms. The number of nitrogens with one attached hydrogen (secondary N) is 1. The van der Waals surface area contributed by atoms with Crippen molar-refractivity contribution in [1.82, 2.24) is 4.90 Å². The SMILES string of the molecule is CC(C)N(CCCO)C(=O)Nc1cccc(CN)c1. The van der Waals surface area contributed by atoms with Crippen molar-refractivity contribution in [2.45, 2.75) is 32.9 Å². The molecule has 0 saturated heterocycles. The Labute approximate surface area is 114 Å². The standard InChI is InChI=1S/C14H23N3O2/c1-11(2)17(7-4-8-18)14(19)16-13-6-3-5-12(9-13)10-15/h3,5-6,9,11,18H,4,7-8,10,15H2,1-2H3,(H,16,19). The van der Waals surface area contributed by atoms with Gasteiger partial charge in [0.1, 0.15) is 0 Å². The second-order valence-electron chi connectivity index (χ2n) is 4.70. The van der Waals surface area contributed by atoms with E-state index in [-0.39, 0.29) is 18.7 Å². The molecule has 1 aromatic carbocycles. The number of benzene rings is 1. The number of aliphatic hydroxyl groups excluding tert-OH is 1. The highest BCUT2D eigenvalue weighted by Crippen LogP contribution is 2.12. The van der Waals surface area contributed by atoms with Gasteiger partial charge < -0.3 is 21.1 Å². The van der Waals surface area contributed by atoms with Crippen LogP contribution in [0.15, 0.2) is 24.3 Å². The van der Waals surface area contributed by atoms with Gasteiger partial charge in [0.15, 0.2) is 0 Å². The molecule has 2 amide bonds. The predicted molar refractivity (Wildman–Crippen MR) is 76.9 cm³/mol. The van der Waals surface area contributed by atoms with Crippen LogP contribution >= 0.6 is 0 Å². The van der Waals surface area contributed by atoms with Crippen LogP contribution in [0.1, 0.15) is 25.8 Å². The Hall–Kier alpha value is -1.59. The first-order valence-electron chi connectivity index (χ1n) is 6.56. The van der Waals surface area contributed by atoms with Gasteiger partial charge in [-0.15, -0.1) is 0 Å². The second-order valence-corrected chi connectivity index (χ2v) is 4.70. The zero-order valence-corrected chi connectivity index (χ0v) is 11.6. The number of nitrogens with two attached hydrogens (primary N) is 1. The minimum absolute atomic E-state index is 0.0825. The molecule has 0 aliphatic heterocycles. The quantitative estimate of drug-likeness (QED) is 0.733. The number of nitrogens with zero attached hydrogens (tertiary/aromatic N) is 1. The summed E-state index contributed by atoms with van der Waals surface area (Å²) in [6.07, 6.45) is 0.578. The van der Waals surface area contributed by atoms with Crippen LogP contribution in [0.25, 0.3) is 0 Å². The zero-order chi connectivity index (χ0) is 14.3. The molecule has 0 aromatic heterocycles. The van der Waals surface area contributed by atoms with Crippen LogP contribution < -0.4 is 11.1 Å². The number of amides is 2. The molecule has 0 radical (unpaired) electrons. The van der Waals surface area contributed by atoms with Crippen LogP contribution in [0.4, 0.5) is 10.5 Å². The van der Waals surface area contributed by atoms with Crippen molar-refractivity contribution in [2.24, 2.45) is 5.73 Å². The molecule has 0 fully saturated rings. The summed E-state index contributed by atoms with van der Waals surface area (Å²) in [5.74, 6) is 0. The average molecular weight is 265 g/mol. The summed E-state index contributed by atoms with van der Waals surface area (Å²) < 4.78 is 0. The number of aliphatic hydroxyl groups is 1. The zero-order valence-electron chi connectivity index (χ0n) is 11.6. The molecule has 0 spiro atoms. The van der Waals surface area contributed by atoms with Crippen LogP contribution in [0.5, 0.6) is 0 Å². The summed E-state index contributed by atoms with van der Waals surface area (Å²) in [6.45, 7) is 4.97. The number of anilines is 1. The third-order valence-electron chi connectivity index (χ3n) is 2.86. The van der Waals surface area contributed by atoms with Crippen molar-refractivity contribution in [3.05, 3.63) is 29.8 Å². The van der Waals surface area contributed by atoms with E-state index in [0.717, 1.165) is 11.3 Å². The first-order valence-corrected chi connectivity index (χ1v) is 6.56. The number of carbonyl (C=O) groups excluding carboxylic acids is 1. The molecule has 0 saturated carbocycles. The van der Waals surface area contributed by atoms with Gasteiger partial charge in [0.2, 0.25) is 0 Å². The summed E-state index contributed by atoms with van der Waals surface area (Å²) >= 11 is 0. The van der Waals surface area contributed by atoms with E-state index in [1.165, 1.54) is 0 Å². The molecule has 0 unspecified atom stereocenters. The molecule has 106 valence electrons. The molecule has 4 N–H and O–H groups in total. The lowest BCUT2D eigenvalue weighted by Crippen LogP contribution is -2.41. The fraction of sp³-hybridized carbons (Fsp3) is 0.500. The first kappa shape index (κ1) is 15.5. The normalized spacial score (nSPS) is 10.6. The van der Waals surface area contributed by atoms with Gasteiger partial charge in [-0.3, -0.25) is 0 Å².